The van der Waals surface area contributed by atoms with Crippen LogP contribution in [-0.4, -0.2) is 19.5 Å². The van der Waals surface area contributed by atoms with E-state index in [2.05, 4.69) is 198 Å². The summed E-state index contributed by atoms with van der Waals surface area (Å²) in [4.78, 5) is 18.1. The Bertz CT molecular complexity index is 3320. The summed E-state index contributed by atoms with van der Waals surface area (Å²) in [6, 6.07) is 76.4. The van der Waals surface area contributed by atoms with Gasteiger partial charge in [0.25, 0.3) is 0 Å². The zero-order valence-electron chi connectivity index (χ0n) is 34.3. The van der Waals surface area contributed by atoms with Crippen LogP contribution in [0.15, 0.2) is 218 Å². The Morgan fingerprint density at radius 3 is 1.65 bits per heavy atom. The molecule has 2 aliphatic carbocycles. The number of allylic oxidation sites excluding steroid dienone is 1. The highest BCUT2D eigenvalue weighted by molar-refractivity contribution is 5.95. The van der Waals surface area contributed by atoms with E-state index in [9.17, 15) is 0 Å². The zero-order valence-corrected chi connectivity index (χ0v) is 34.3. The van der Waals surface area contributed by atoms with Gasteiger partial charge in [-0.15, -0.1) is 0 Å². The van der Waals surface area contributed by atoms with Gasteiger partial charge in [0.05, 0.1) is 28.0 Å². The van der Waals surface area contributed by atoms with Crippen molar-refractivity contribution < 1.29 is 0 Å². The van der Waals surface area contributed by atoms with E-state index >= 15 is 0 Å². The molecule has 0 amide bonds. The van der Waals surface area contributed by atoms with Gasteiger partial charge in [0.1, 0.15) is 0 Å². The van der Waals surface area contributed by atoms with Crippen molar-refractivity contribution in [3.63, 3.8) is 0 Å². The van der Waals surface area contributed by atoms with Crippen molar-refractivity contribution in [2.24, 2.45) is 5.92 Å². The van der Waals surface area contributed by atoms with Gasteiger partial charge in [0, 0.05) is 34.0 Å². The van der Waals surface area contributed by atoms with Gasteiger partial charge in [-0.25, -0.2) is 4.98 Å². The molecule has 3 aliphatic rings. The first-order valence-corrected chi connectivity index (χ1v) is 21.7. The fraction of sp³-hybridized carbons (Fsp3) is 0.0517. The molecular weight excluding hydrogens is 767 g/mol. The Morgan fingerprint density at radius 1 is 0.444 bits per heavy atom. The summed E-state index contributed by atoms with van der Waals surface area (Å²) < 4.78 is 2.27. The van der Waals surface area contributed by atoms with Gasteiger partial charge in [-0.1, -0.05) is 188 Å². The molecule has 2 atom stereocenters. The largest absolute Gasteiger partial charge is 0.310 e. The van der Waals surface area contributed by atoms with Crippen LogP contribution < -0.4 is 4.90 Å². The second kappa shape index (κ2) is 13.9. The molecule has 0 radical (unpaired) electrons. The van der Waals surface area contributed by atoms with Crippen molar-refractivity contribution in [1.29, 1.82) is 0 Å². The number of anilines is 3. The third-order valence-electron chi connectivity index (χ3n) is 13.5. The van der Waals surface area contributed by atoms with Gasteiger partial charge in [0.2, 0.25) is 5.95 Å². The molecule has 0 bridgehead atoms. The molecular formula is C58H39N5. The second-order valence-corrected chi connectivity index (χ2v) is 16.7. The lowest BCUT2D eigenvalue weighted by atomic mass is 9.60. The molecule has 13 rings (SSSR count). The predicted octanol–water partition coefficient (Wildman–Crippen LogP) is 13.7. The summed E-state index contributed by atoms with van der Waals surface area (Å²) in [6.07, 6.45) is 4.86. The van der Waals surface area contributed by atoms with Crippen LogP contribution in [0.4, 0.5) is 17.1 Å². The first-order chi connectivity index (χ1) is 31.3. The molecule has 3 heterocycles. The van der Waals surface area contributed by atoms with Crippen LogP contribution in [0.1, 0.15) is 39.4 Å². The molecule has 0 fully saturated rings. The van der Waals surface area contributed by atoms with Crippen molar-refractivity contribution in [2.45, 2.75) is 11.3 Å². The molecule has 2 aromatic heterocycles. The van der Waals surface area contributed by atoms with Gasteiger partial charge in [-0.3, -0.25) is 4.57 Å². The fourth-order valence-corrected chi connectivity index (χ4v) is 11.1. The van der Waals surface area contributed by atoms with Gasteiger partial charge in [-0.2, -0.15) is 9.97 Å². The lowest BCUT2D eigenvalue weighted by Gasteiger charge is -2.48. The van der Waals surface area contributed by atoms with Crippen molar-refractivity contribution >= 4 is 34.0 Å². The summed E-state index contributed by atoms with van der Waals surface area (Å²) in [5.41, 5.74) is 16.1. The average Bonchev–Trinajstić information content (AvgIpc) is 3.86. The SMILES string of the molecule is C1=CC2C(c3ccccc3C23c2ccccc2N(c2cccc(-c4ccccc4)c2)c2ccccc23)c2c1n(-c1nc(-c3ccccc3)nc(-c3ccccc3)n1)c1ccccc21. The number of aromatic nitrogens is 4. The monoisotopic (exact) mass is 805 g/mol. The Labute approximate surface area is 366 Å². The molecule has 0 saturated heterocycles. The lowest BCUT2D eigenvalue weighted by molar-refractivity contribution is 0.449. The van der Waals surface area contributed by atoms with E-state index in [1.807, 2.05) is 36.4 Å². The molecule has 10 aromatic rings. The first kappa shape index (κ1) is 35.6. The van der Waals surface area contributed by atoms with Gasteiger partial charge in [-0.05, 0) is 75.4 Å². The van der Waals surface area contributed by atoms with E-state index in [1.54, 1.807) is 0 Å². The van der Waals surface area contributed by atoms with E-state index < -0.39 is 5.41 Å². The number of para-hydroxylation sites is 3. The smallest absolute Gasteiger partial charge is 0.238 e. The minimum Gasteiger partial charge on any atom is -0.310 e. The van der Waals surface area contributed by atoms with Gasteiger partial charge >= 0.3 is 0 Å². The fourth-order valence-electron chi connectivity index (χ4n) is 11.1. The van der Waals surface area contributed by atoms with E-state index in [0.29, 0.717) is 17.6 Å². The minimum atomic E-state index is -0.479. The quantitative estimate of drug-likeness (QED) is 0.174. The number of fused-ring (bicyclic) bond motifs is 13. The standard InChI is InChI=1S/C58H39N5/c1-4-19-38(20-5-1)41-25-18-26-42(37-41)62-50-33-16-13-30-46(50)58(47-31-14-17-34-51(47)62)45-29-12-10-27-43(45)53-48(58)35-36-52-54(53)44-28-11-15-32-49(44)63(52)57-60-55(39-21-6-2-7-22-39)59-56(61-57)40-23-8-3-9-24-40/h1-37,48,53H. The van der Waals surface area contributed by atoms with E-state index in [1.165, 1.54) is 55.7 Å². The molecule has 8 aromatic carbocycles. The third-order valence-corrected chi connectivity index (χ3v) is 13.5. The minimum absolute atomic E-state index is 0.0467. The second-order valence-electron chi connectivity index (χ2n) is 16.7. The average molecular weight is 806 g/mol. The summed E-state index contributed by atoms with van der Waals surface area (Å²) in [6.45, 7) is 0. The van der Waals surface area contributed by atoms with Gasteiger partial charge in [0.15, 0.2) is 11.6 Å². The maximum absolute atomic E-state index is 5.27. The highest BCUT2D eigenvalue weighted by Crippen LogP contribution is 2.67. The van der Waals surface area contributed by atoms with Crippen LogP contribution >= 0.6 is 0 Å². The Hall–Kier alpha value is -8.15. The number of nitrogens with zero attached hydrogens (tertiary/aromatic N) is 5. The molecule has 1 aliphatic heterocycles. The van der Waals surface area contributed by atoms with E-state index in [4.69, 9.17) is 15.0 Å². The molecule has 5 nitrogen and oxygen atoms in total. The van der Waals surface area contributed by atoms with Crippen molar-refractivity contribution in [3.05, 3.63) is 252 Å². The molecule has 5 heteroatoms. The molecule has 0 saturated carbocycles. The molecule has 0 N–H and O–H groups in total. The van der Waals surface area contributed by atoms with Crippen molar-refractivity contribution in [1.82, 2.24) is 19.5 Å². The maximum atomic E-state index is 5.27. The van der Waals surface area contributed by atoms with Crippen LogP contribution in [0.25, 0.3) is 56.8 Å². The van der Waals surface area contributed by atoms with Crippen LogP contribution in [0.3, 0.4) is 0 Å². The zero-order chi connectivity index (χ0) is 41.5. The Morgan fingerprint density at radius 2 is 0.984 bits per heavy atom. The van der Waals surface area contributed by atoms with Crippen molar-refractivity contribution in [3.8, 4) is 39.9 Å². The first-order valence-electron chi connectivity index (χ1n) is 21.7. The normalized spacial score (nSPS) is 16.3. The van der Waals surface area contributed by atoms with Gasteiger partial charge < -0.3 is 4.90 Å². The van der Waals surface area contributed by atoms with Crippen molar-refractivity contribution in [2.75, 3.05) is 4.90 Å². The molecule has 63 heavy (non-hydrogen) atoms. The Kier molecular flexibility index (Phi) is 7.88. The lowest BCUT2D eigenvalue weighted by Crippen LogP contribution is -2.41. The number of rotatable bonds is 5. The highest BCUT2D eigenvalue weighted by Gasteiger charge is 2.59. The van der Waals surface area contributed by atoms with E-state index in [0.717, 1.165) is 28.0 Å². The number of benzene rings is 8. The molecule has 1 spiro atoms. The molecule has 296 valence electrons. The van der Waals surface area contributed by atoms with Crippen LogP contribution in [0.2, 0.25) is 0 Å². The summed E-state index contributed by atoms with van der Waals surface area (Å²) in [5.74, 6) is 2.00. The summed E-state index contributed by atoms with van der Waals surface area (Å²) >= 11 is 0. The van der Waals surface area contributed by atoms with Crippen LogP contribution in [0, 0.1) is 5.92 Å². The number of hydrogen-bond donors (Lipinski definition) is 0. The maximum Gasteiger partial charge on any atom is 0.238 e. The topological polar surface area (TPSA) is 46.8 Å². The number of hydrogen-bond acceptors (Lipinski definition) is 4. The highest BCUT2D eigenvalue weighted by atomic mass is 15.2. The van der Waals surface area contributed by atoms with Crippen LogP contribution in [-0.2, 0) is 5.41 Å². The Balaban J connectivity index is 1.04. The van der Waals surface area contributed by atoms with Crippen LogP contribution in [0.5, 0.6) is 0 Å². The van der Waals surface area contributed by atoms with E-state index in [-0.39, 0.29) is 11.8 Å². The third kappa shape index (κ3) is 5.20. The molecule has 2 unspecified atom stereocenters. The summed E-state index contributed by atoms with van der Waals surface area (Å²) in [7, 11) is 0. The predicted molar refractivity (Wildman–Crippen MR) is 255 cm³/mol. The summed E-state index contributed by atoms with van der Waals surface area (Å²) in [5, 5.41) is 1.21.